The van der Waals surface area contributed by atoms with Crippen molar-refractivity contribution >= 4 is 24.8 Å². The summed E-state index contributed by atoms with van der Waals surface area (Å²) in [6, 6.07) is 10.3. The molecule has 0 fully saturated rings. The van der Waals surface area contributed by atoms with Gasteiger partial charge in [0, 0.05) is 18.1 Å². The van der Waals surface area contributed by atoms with E-state index >= 15 is 0 Å². The Morgan fingerprint density at radius 3 is 2.69 bits per heavy atom. The standard InChI is InChI=1S/C12H15NOS2/c14-11(8-12-15-9-16(12)15)13-7-6-10-4-2-1-3-5-10/h1-5,12H,6-9H2,(H,13,14). The molecule has 4 heteroatoms. The molecule has 0 bridgehead atoms. The maximum Gasteiger partial charge on any atom is 0.221 e. The molecule has 2 aliphatic rings. The number of hydrogen-bond donors (Lipinski definition) is 1. The lowest BCUT2D eigenvalue weighted by Gasteiger charge is -2.07. The summed E-state index contributed by atoms with van der Waals surface area (Å²) < 4.78 is 0.803. The molecule has 2 atom stereocenters. The summed E-state index contributed by atoms with van der Waals surface area (Å²) >= 11 is 0. The molecule has 0 aromatic heterocycles. The summed E-state index contributed by atoms with van der Waals surface area (Å²) in [5.41, 5.74) is 1.29. The van der Waals surface area contributed by atoms with Gasteiger partial charge in [-0.3, -0.25) is 4.79 Å². The molecule has 0 aliphatic carbocycles. The molecule has 2 aliphatic heterocycles. The summed E-state index contributed by atoms with van der Waals surface area (Å²) in [5.74, 6) is 0.258. The van der Waals surface area contributed by atoms with Crippen LogP contribution in [-0.2, 0) is 30.1 Å². The molecule has 16 heavy (non-hydrogen) atoms. The topological polar surface area (TPSA) is 29.1 Å². The molecular formula is C12H15NOS2. The largest absolute Gasteiger partial charge is 0.356 e. The minimum Gasteiger partial charge on any atom is -0.356 e. The Labute approximate surface area is 100.0 Å². The average Bonchev–Trinajstić information content (AvgIpc) is 3.18. The van der Waals surface area contributed by atoms with Gasteiger partial charge in [0.05, 0.1) is 4.58 Å². The summed E-state index contributed by atoms with van der Waals surface area (Å²) in [7, 11) is 1.45. The number of hydrogen-bond acceptors (Lipinski definition) is 1. The van der Waals surface area contributed by atoms with Crippen LogP contribution < -0.4 is 5.32 Å². The van der Waals surface area contributed by atoms with Crippen molar-refractivity contribution in [3.8, 4) is 0 Å². The van der Waals surface area contributed by atoms with Crippen LogP contribution in [0.25, 0.3) is 0 Å². The first kappa shape index (κ1) is 10.5. The van der Waals surface area contributed by atoms with E-state index in [0.29, 0.717) is 0 Å². The van der Waals surface area contributed by atoms with Gasteiger partial charge in [-0.05, 0) is 12.0 Å². The molecule has 1 amide bonds. The third kappa shape index (κ3) is 2.38. The Bertz CT molecular complexity index is 443. The lowest BCUT2D eigenvalue weighted by Crippen LogP contribution is -2.28. The quantitative estimate of drug-likeness (QED) is 0.839. The Morgan fingerprint density at radius 2 is 2.06 bits per heavy atom. The molecule has 86 valence electrons. The Hall–Kier alpha value is -0.610. The fourth-order valence-electron chi connectivity index (χ4n) is 1.81. The van der Waals surface area contributed by atoms with Gasteiger partial charge in [0.25, 0.3) is 0 Å². The minimum absolute atomic E-state index is 0.258. The van der Waals surface area contributed by atoms with Crippen molar-refractivity contribution in [3.05, 3.63) is 35.9 Å². The van der Waals surface area contributed by atoms with Crippen molar-refractivity contribution in [2.75, 3.05) is 11.6 Å². The van der Waals surface area contributed by atoms with Crippen molar-refractivity contribution in [2.45, 2.75) is 17.4 Å². The SMILES string of the molecule is O=C(CC1S2=S1C2)NCCc1ccccc1. The maximum absolute atomic E-state index is 11.5. The number of nitrogens with one attached hydrogen (secondary N) is 1. The fraction of sp³-hybridized carbons (Fsp3) is 0.417. The molecule has 0 saturated carbocycles. The molecule has 1 N–H and O–H groups in total. The van der Waals surface area contributed by atoms with E-state index in [-0.39, 0.29) is 5.91 Å². The van der Waals surface area contributed by atoms with Crippen LogP contribution in [-0.4, -0.2) is 22.1 Å². The normalized spacial score (nSPS) is 29.4. The average molecular weight is 253 g/mol. The molecule has 0 saturated heterocycles. The van der Waals surface area contributed by atoms with Gasteiger partial charge < -0.3 is 5.32 Å². The highest BCUT2D eigenvalue weighted by Crippen LogP contribution is 2.43. The van der Waals surface area contributed by atoms with Crippen LogP contribution in [0.3, 0.4) is 0 Å². The molecular weight excluding hydrogens is 238 g/mol. The van der Waals surface area contributed by atoms with Crippen molar-refractivity contribution in [1.82, 2.24) is 5.32 Å². The van der Waals surface area contributed by atoms with E-state index in [4.69, 9.17) is 0 Å². The fourth-order valence-corrected chi connectivity index (χ4v) is 8.18. The monoisotopic (exact) mass is 253 g/mol. The maximum atomic E-state index is 11.5. The van der Waals surface area contributed by atoms with E-state index in [1.54, 1.807) is 0 Å². The number of benzene rings is 1. The Morgan fingerprint density at radius 1 is 1.31 bits per heavy atom. The summed E-state index contributed by atoms with van der Waals surface area (Å²) in [6.45, 7) is 0.775. The molecule has 3 rings (SSSR count). The van der Waals surface area contributed by atoms with Crippen molar-refractivity contribution in [3.63, 3.8) is 0 Å². The molecule has 2 nitrogen and oxygen atoms in total. The first-order valence-corrected chi connectivity index (χ1v) is 8.98. The van der Waals surface area contributed by atoms with Crippen LogP contribution in [0, 0.1) is 0 Å². The van der Waals surface area contributed by atoms with Crippen LogP contribution in [0.5, 0.6) is 0 Å². The molecule has 1 aromatic rings. The number of carbonyl (C=O) groups excluding carboxylic acids is 1. The highest BCUT2D eigenvalue weighted by molar-refractivity contribution is 8.75. The zero-order valence-corrected chi connectivity index (χ0v) is 10.7. The summed E-state index contributed by atoms with van der Waals surface area (Å²) in [6.07, 6.45) is 1.73. The summed E-state index contributed by atoms with van der Waals surface area (Å²) in [5, 5.41) is 4.46. The van der Waals surface area contributed by atoms with Gasteiger partial charge >= 0.3 is 0 Å². The van der Waals surface area contributed by atoms with E-state index in [1.165, 1.54) is 10.6 Å². The first-order chi connectivity index (χ1) is 7.84. The number of carbonyl (C=O) groups is 1. The second-order valence-electron chi connectivity index (χ2n) is 4.10. The van der Waals surface area contributed by atoms with E-state index in [9.17, 15) is 4.79 Å². The zero-order chi connectivity index (χ0) is 11.0. The second kappa shape index (κ2) is 4.34. The summed E-state index contributed by atoms with van der Waals surface area (Å²) in [4.78, 5) is 11.5. The van der Waals surface area contributed by atoms with Crippen molar-refractivity contribution < 1.29 is 4.79 Å². The molecule has 2 heterocycles. The third-order valence-electron chi connectivity index (χ3n) is 2.92. The second-order valence-corrected chi connectivity index (χ2v) is 10.6. The Balaban J connectivity index is 1.35. The molecule has 2 unspecified atom stereocenters. The lowest BCUT2D eigenvalue weighted by molar-refractivity contribution is -0.120. The van der Waals surface area contributed by atoms with E-state index < -0.39 is 0 Å². The first-order valence-electron chi connectivity index (χ1n) is 5.55. The van der Waals surface area contributed by atoms with Gasteiger partial charge in [-0.2, -0.15) is 0 Å². The van der Waals surface area contributed by atoms with Crippen LogP contribution in [0.1, 0.15) is 12.0 Å². The van der Waals surface area contributed by atoms with Gasteiger partial charge in [0.2, 0.25) is 5.91 Å². The van der Waals surface area contributed by atoms with Gasteiger partial charge in [0.15, 0.2) is 0 Å². The van der Waals surface area contributed by atoms with Gasteiger partial charge in [-0.15, -0.1) is 18.9 Å². The van der Waals surface area contributed by atoms with Crippen LogP contribution in [0.4, 0.5) is 0 Å². The van der Waals surface area contributed by atoms with Crippen LogP contribution >= 0.6 is 0 Å². The predicted octanol–water partition coefficient (Wildman–Crippen LogP) is 1.20. The Kier molecular flexibility index (Phi) is 2.86. The minimum atomic E-state index is 0.258. The van der Waals surface area contributed by atoms with Gasteiger partial charge in [0.1, 0.15) is 0 Å². The van der Waals surface area contributed by atoms with Crippen LogP contribution in [0.2, 0.25) is 0 Å². The number of rotatable bonds is 5. The van der Waals surface area contributed by atoms with Gasteiger partial charge in [-0.1, -0.05) is 30.3 Å². The third-order valence-corrected chi connectivity index (χ3v) is 9.80. The van der Waals surface area contributed by atoms with Crippen molar-refractivity contribution in [1.29, 1.82) is 0 Å². The predicted molar refractivity (Wildman–Crippen MR) is 71.2 cm³/mol. The number of amides is 1. The lowest BCUT2D eigenvalue weighted by atomic mass is 10.1. The zero-order valence-electron chi connectivity index (χ0n) is 9.02. The molecule has 0 radical (unpaired) electrons. The van der Waals surface area contributed by atoms with E-state index in [2.05, 4.69) is 17.4 Å². The molecule has 0 spiro atoms. The van der Waals surface area contributed by atoms with E-state index in [0.717, 1.165) is 42.9 Å². The smallest absolute Gasteiger partial charge is 0.221 e. The highest BCUT2D eigenvalue weighted by Gasteiger charge is 2.47. The van der Waals surface area contributed by atoms with Crippen LogP contribution in [0.15, 0.2) is 30.3 Å². The van der Waals surface area contributed by atoms with E-state index in [1.807, 2.05) is 18.2 Å². The van der Waals surface area contributed by atoms with Crippen molar-refractivity contribution in [2.24, 2.45) is 0 Å². The highest BCUT2D eigenvalue weighted by atomic mass is 33.0. The van der Waals surface area contributed by atoms with Gasteiger partial charge in [-0.25, -0.2) is 0 Å². The molecule has 1 aromatic carbocycles.